The van der Waals surface area contributed by atoms with Crippen LogP contribution in [0, 0.1) is 48.4 Å². The highest BCUT2D eigenvalue weighted by Gasteiger charge is 2.11. The molecule has 0 spiro atoms. The number of terminal acetylenes is 2. The van der Waals surface area contributed by atoms with Gasteiger partial charge in [-0.15, -0.1) is 24.7 Å². The van der Waals surface area contributed by atoms with Gasteiger partial charge in [0, 0.05) is 38.0 Å². The van der Waals surface area contributed by atoms with Gasteiger partial charge in [0.2, 0.25) is 0 Å². The molecule has 0 heterocycles. The Hall–Kier alpha value is -1.46. The van der Waals surface area contributed by atoms with Crippen LogP contribution in [-0.2, 0) is 9.13 Å². The second-order valence-corrected chi connectivity index (χ2v) is 10.8. The molecule has 0 aromatic heterocycles. The number of hydrogen-bond donors (Lipinski definition) is 4. The summed E-state index contributed by atoms with van der Waals surface area (Å²) < 4.78 is 20.7. The van der Waals surface area contributed by atoms with E-state index in [4.69, 9.17) is 32.4 Å². The van der Waals surface area contributed by atoms with Crippen molar-refractivity contribution < 1.29 is 28.7 Å². The maximum Gasteiger partial charge on any atom is 0.325 e. The molecule has 0 aliphatic carbocycles. The van der Waals surface area contributed by atoms with Crippen molar-refractivity contribution in [2.45, 2.75) is 97.3 Å². The summed E-state index contributed by atoms with van der Waals surface area (Å²) >= 11 is 0. The lowest BCUT2D eigenvalue weighted by Crippen LogP contribution is -1.87. The number of hydrogen-bond acceptors (Lipinski definition) is 2. The molecule has 0 fully saturated rings. The molecule has 4 N–H and O–H groups in total. The van der Waals surface area contributed by atoms with Crippen LogP contribution in [0.15, 0.2) is 0 Å². The highest BCUT2D eigenvalue weighted by Crippen LogP contribution is 2.35. The van der Waals surface area contributed by atoms with Crippen LogP contribution in [0.3, 0.4) is 0 Å². The summed E-state index contributed by atoms with van der Waals surface area (Å²) in [6.07, 6.45) is 21.4. The van der Waals surface area contributed by atoms with Gasteiger partial charge in [-0.05, 0) is 50.4 Å². The van der Waals surface area contributed by atoms with Gasteiger partial charge in [-0.25, -0.2) is 0 Å². The maximum atomic E-state index is 10.5. The van der Waals surface area contributed by atoms with Crippen molar-refractivity contribution in [3.63, 3.8) is 0 Å². The highest BCUT2D eigenvalue weighted by molar-refractivity contribution is 7.52. The molecule has 0 saturated carbocycles. The molecule has 0 aliphatic rings. The molecule has 0 aromatic rings. The molecule has 0 unspecified atom stereocenters. The maximum absolute atomic E-state index is 10.5. The lowest BCUT2D eigenvalue weighted by molar-refractivity contribution is 0.369. The van der Waals surface area contributed by atoms with Crippen molar-refractivity contribution in [2.75, 3.05) is 12.3 Å². The molecular formula is C25H42O6P2. The van der Waals surface area contributed by atoms with E-state index in [9.17, 15) is 9.13 Å². The predicted molar refractivity (Wildman–Crippen MR) is 138 cm³/mol. The topological polar surface area (TPSA) is 115 Å². The Labute approximate surface area is 202 Å². The molecular weight excluding hydrogens is 458 g/mol. The monoisotopic (exact) mass is 500 g/mol. The average Bonchev–Trinajstić information content (AvgIpc) is 2.72. The largest absolute Gasteiger partial charge is 0.325 e. The summed E-state index contributed by atoms with van der Waals surface area (Å²) in [6.45, 7) is 4.30. The normalized spacial score (nSPS) is 9.82. The van der Waals surface area contributed by atoms with Crippen LogP contribution in [0.25, 0.3) is 0 Å². The van der Waals surface area contributed by atoms with Crippen LogP contribution in [0.5, 0.6) is 0 Å². The Balaban J connectivity index is -0.000000451. The molecule has 0 bridgehead atoms. The van der Waals surface area contributed by atoms with Gasteiger partial charge >= 0.3 is 15.2 Å². The quantitative estimate of drug-likeness (QED) is 0.147. The van der Waals surface area contributed by atoms with E-state index in [0.29, 0.717) is 32.1 Å². The van der Waals surface area contributed by atoms with Crippen molar-refractivity contribution in [2.24, 2.45) is 0 Å². The van der Waals surface area contributed by atoms with E-state index in [1.54, 1.807) is 0 Å². The van der Waals surface area contributed by atoms with Gasteiger partial charge < -0.3 is 19.6 Å². The van der Waals surface area contributed by atoms with E-state index in [1.807, 2.05) is 0 Å². The summed E-state index contributed by atoms with van der Waals surface area (Å²) in [5.74, 6) is 16.3. The Morgan fingerprint density at radius 1 is 0.576 bits per heavy atom. The molecule has 0 aromatic carbocycles. The van der Waals surface area contributed by atoms with Crippen molar-refractivity contribution >= 4 is 15.2 Å². The van der Waals surface area contributed by atoms with Crippen molar-refractivity contribution in [1.29, 1.82) is 0 Å². The lowest BCUT2D eigenvalue weighted by atomic mass is 10.2. The standard InChI is InChI=1S/C12H19O3P.C7H12.C6H11O3P/c1-2-3-4-5-6-7-8-9-10-11-12-16(13,14)15;1-3-5-7-6-4-2;1-2-3-4-5-6-10(7,8)9/h2-4,9-12H2,1H3,(H2,13,14,15);1H,4-7H2,2H3;1H,3-6H2,(H2,7,8,9). The molecule has 0 aliphatic heterocycles. The Morgan fingerprint density at radius 2 is 0.939 bits per heavy atom. The summed E-state index contributed by atoms with van der Waals surface area (Å²) in [5.41, 5.74) is 0. The van der Waals surface area contributed by atoms with Crippen molar-refractivity contribution in [3.8, 4) is 48.4 Å². The van der Waals surface area contributed by atoms with Gasteiger partial charge in [-0.3, -0.25) is 9.13 Å². The second-order valence-electron chi connectivity index (χ2n) is 7.26. The van der Waals surface area contributed by atoms with Crippen LogP contribution >= 0.6 is 15.2 Å². The first-order valence-electron chi connectivity index (χ1n) is 11.5. The van der Waals surface area contributed by atoms with E-state index in [-0.39, 0.29) is 12.3 Å². The Bertz CT molecular complexity index is 744. The van der Waals surface area contributed by atoms with E-state index in [1.165, 1.54) is 19.3 Å². The molecule has 8 heteroatoms. The molecule has 0 amide bonds. The SMILES string of the molecule is C#CCCCCC.C#CCCCCP(=O)(O)O.CCCCC#CC#CCCCCP(=O)(O)O. The zero-order valence-corrected chi connectivity index (χ0v) is 22.0. The first-order chi connectivity index (χ1) is 15.5. The highest BCUT2D eigenvalue weighted by atomic mass is 31.2. The summed E-state index contributed by atoms with van der Waals surface area (Å²) in [7, 11) is -7.59. The smallest absolute Gasteiger partial charge is 0.324 e. The molecule has 0 saturated heterocycles. The minimum atomic E-state index is -3.82. The van der Waals surface area contributed by atoms with E-state index in [0.717, 1.165) is 32.1 Å². The molecule has 0 rings (SSSR count). The third-order valence-corrected chi connectivity index (χ3v) is 5.64. The molecule has 0 radical (unpaired) electrons. The van der Waals surface area contributed by atoms with Gasteiger partial charge in [0.25, 0.3) is 0 Å². The first-order valence-corrected chi connectivity index (χ1v) is 15.0. The minimum absolute atomic E-state index is 0.0448. The van der Waals surface area contributed by atoms with Gasteiger partial charge in [-0.1, -0.05) is 45.0 Å². The average molecular weight is 501 g/mol. The lowest BCUT2D eigenvalue weighted by Gasteiger charge is -2.00. The molecule has 188 valence electrons. The summed E-state index contributed by atoms with van der Waals surface area (Å²) in [6, 6.07) is 0. The number of unbranched alkanes of at least 4 members (excludes halogenated alkanes) is 9. The van der Waals surface area contributed by atoms with Crippen LogP contribution in [0.1, 0.15) is 97.3 Å². The number of rotatable bonds is 13. The predicted octanol–water partition coefficient (Wildman–Crippen LogP) is 5.70. The van der Waals surface area contributed by atoms with Gasteiger partial charge in [0.1, 0.15) is 0 Å². The fourth-order valence-corrected chi connectivity index (χ4v) is 3.30. The van der Waals surface area contributed by atoms with E-state index in [2.05, 4.69) is 49.4 Å². The minimum Gasteiger partial charge on any atom is -0.324 e. The zero-order valence-electron chi connectivity index (χ0n) is 20.3. The van der Waals surface area contributed by atoms with Gasteiger partial charge in [0.05, 0.1) is 0 Å². The Morgan fingerprint density at radius 3 is 1.30 bits per heavy atom. The fourth-order valence-electron chi connectivity index (χ4n) is 2.03. The molecule has 6 nitrogen and oxygen atoms in total. The molecule has 33 heavy (non-hydrogen) atoms. The van der Waals surface area contributed by atoms with Crippen LogP contribution in [-0.4, -0.2) is 31.9 Å². The molecule has 0 atom stereocenters. The summed E-state index contributed by atoms with van der Waals surface area (Å²) in [5, 5.41) is 0. The summed E-state index contributed by atoms with van der Waals surface area (Å²) in [4.78, 5) is 33.9. The van der Waals surface area contributed by atoms with Crippen LogP contribution in [0.4, 0.5) is 0 Å². The third kappa shape index (κ3) is 49.0. The van der Waals surface area contributed by atoms with Crippen LogP contribution in [0.2, 0.25) is 0 Å². The Kier molecular flexibility index (Phi) is 29.3. The van der Waals surface area contributed by atoms with Gasteiger partial charge in [0.15, 0.2) is 0 Å². The van der Waals surface area contributed by atoms with Crippen molar-refractivity contribution in [3.05, 3.63) is 0 Å². The van der Waals surface area contributed by atoms with Crippen molar-refractivity contribution in [1.82, 2.24) is 0 Å². The van der Waals surface area contributed by atoms with E-state index < -0.39 is 15.2 Å². The van der Waals surface area contributed by atoms with Crippen LogP contribution < -0.4 is 0 Å². The zero-order chi connectivity index (χ0) is 25.8. The third-order valence-electron chi connectivity index (χ3n) is 3.84. The van der Waals surface area contributed by atoms with Gasteiger partial charge in [-0.2, -0.15) is 0 Å². The first kappa shape index (κ1) is 36.1. The second kappa shape index (κ2) is 26.8. The van der Waals surface area contributed by atoms with E-state index >= 15 is 0 Å². The fraction of sp³-hybridized carbons (Fsp3) is 0.680.